The lowest BCUT2D eigenvalue weighted by Gasteiger charge is -2.33. The van der Waals surface area contributed by atoms with Crippen molar-refractivity contribution in [2.45, 2.75) is 13.0 Å². The van der Waals surface area contributed by atoms with Crippen molar-refractivity contribution in [2.24, 2.45) is 0 Å². The summed E-state index contributed by atoms with van der Waals surface area (Å²) in [6, 6.07) is 13.7. The van der Waals surface area contributed by atoms with Gasteiger partial charge >= 0.3 is 0 Å². The zero-order valence-corrected chi connectivity index (χ0v) is 12.0. The summed E-state index contributed by atoms with van der Waals surface area (Å²) in [5.41, 5.74) is 2.65. The minimum atomic E-state index is -0.0534. The van der Waals surface area contributed by atoms with Gasteiger partial charge in [-0.15, -0.1) is 0 Å². The van der Waals surface area contributed by atoms with Gasteiger partial charge < -0.3 is 9.64 Å². The normalized spacial score (nSPS) is 18.5. The van der Waals surface area contributed by atoms with E-state index in [9.17, 15) is 4.79 Å². The zero-order chi connectivity index (χ0) is 14.7. The van der Waals surface area contributed by atoms with Gasteiger partial charge in [0, 0.05) is 18.4 Å². The van der Waals surface area contributed by atoms with Crippen molar-refractivity contribution in [3.05, 3.63) is 65.5 Å². The number of carbonyl (C=O) groups excluding carboxylic acids is 1. The Morgan fingerprint density at radius 3 is 2.76 bits per heavy atom. The Labute approximate surface area is 124 Å². The van der Waals surface area contributed by atoms with E-state index in [0.29, 0.717) is 25.3 Å². The SMILES string of the molecule is Cc1ccc(C(=O)N2CCOC(c3ccccc3)C2)cn1. The van der Waals surface area contributed by atoms with E-state index < -0.39 is 0 Å². The van der Waals surface area contributed by atoms with Crippen molar-refractivity contribution in [1.29, 1.82) is 0 Å². The number of hydrogen-bond donors (Lipinski definition) is 0. The Morgan fingerprint density at radius 1 is 1.24 bits per heavy atom. The lowest BCUT2D eigenvalue weighted by molar-refractivity contribution is -0.0228. The fraction of sp³-hybridized carbons (Fsp3) is 0.294. The average molecular weight is 282 g/mol. The third kappa shape index (κ3) is 3.11. The van der Waals surface area contributed by atoms with E-state index in [4.69, 9.17) is 4.74 Å². The minimum Gasteiger partial charge on any atom is -0.370 e. The van der Waals surface area contributed by atoms with Gasteiger partial charge in [-0.2, -0.15) is 0 Å². The molecule has 0 bridgehead atoms. The molecule has 21 heavy (non-hydrogen) atoms. The second-order valence-electron chi connectivity index (χ2n) is 5.21. The molecule has 0 aliphatic carbocycles. The van der Waals surface area contributed by atoms with Gasteiger partial charge in [-0.25, -0.2) is 0 Å². The Morgan fingerprint density at radius 2 is 2.05 bits per heavy atom. The maximum Gasteiger partial charge on any atom is 0.255 e. The summed E-state index contributed by atoms with van der Waals surface area (Å²) in [6.45, 7) is 3.67. The number of nitrogens with zero attached hydrogens (tertiary/aromatic N) is 2. The number of pyridine rings is 1. The number of rotatable bonds is 2. The summed E-state index contributed by atoms with van der Waals surface area (Å²) in [6.07, 6.45) is 1.59. The standard InChI is InChI=1S/C17H18N2O2/c1-13-7-8-15(11-18-13)17(20)19-9-10-21-16(12-19)14-5-3-2-4-6-14/h2-8,11,16H,9-10,12H2,1H3. The van der Waals surface area contributed by atoms with E-state index in [1.54, 1.807) is 6.20 Å². The first-order valence-corrected chi connectivity index (χ1v) is 7.12. The Hall–Kier alpha value is -2.20. The number of amides is 1. The lowest BCUT2D eigenvalue weighted by Crippen LogP contribution is -2.42. The van der Waals surface area contributed by atoms with Crippen molar-refractivity contribution in [1.82, 2.24) is 9.88 Å². The van der Waals surface area contributed by atoms with E-state index in [1.807, 2.05) is 54.3 Å². The summed E-state index contributed by atoms with van der Waals surface area (Å²) < 4.78 is 5.79. The van der Waals surface area contributed by atoms with Crippen LogP contribution < -0.4 is 0 Å². The molecule has 1 aromatic heterocycles. The van der Waals surface area contributed by atoms with Crippen LogP contribution in [0, 0.1) is 6.92 Å². The summed E-state index contributed by atoms with van der Waals surface area (Å²) in [7, 11) is 0. The van der Waals surface area contributed by atoms with Gasteiger partial charge in [-0.1, -0.05) is 30.3 Å². The van der Waals surface area contributed by atoms with Crippen molar-refractivity contribution >= 4 is 5.91 Å². The molecule has 4 nitrogen and oxygen atoms in total. The number of aromatic nitrogens is 1. The number of hydrogen-bond acceptors (Lipinski definition) is 3. The second-order valence-corrected chi connectivity index (χ2v) is 5.21. The van der Waals surface area contributed by atoms with Crippen molar-refractivity contribution in [2.75, 3.05) is 19.7 Å². The third-order valence-electron chi connectivity index (χ3n) is 3.68. The van der Waals surface area contributed by atoms with Gasteiger partial charge in [-0.05, 0) is 24.6 Å². The molecule has 0 saturated carbocycles. The van der Waals surface area contributed by atoms with Crippen LogP contribution in [0.15, 0.2) is 48.7 Å². The van der Waals surface area contributed by atoms with Gasteiger partial charge in [0.1, 0.15) is 6.10 Å². The first-order valence-electron chi connectivity index (χ1n) is 7.12. The highest BCUT2D eigenvalue weighted by Gasteiger charge is 2.26. The largest absolute Gasteiger partial charge is 0.370 e. The van der Waals surface area contributed by atoms with Crippen molar-refractivity contribution in [3.63, 3.8) is 0 Å². The van der Waals surface area contributed by atoms with Crippen LogP contribution in [0.4, 0.5) is 0 Å². The zero-order valence-electron chi connectivity index (χ0n) is 12.0. The maximum absolute atomic E-state index is 12.5. The van der Waals surface area contributed by atoms with Crippen LogP contribution in [0.25, 0.3) is 0 Å². The lowest BCUT2D eigenvalue weighted by atomic mass is 10.1. The molecular weight excluding hydrogens is 264 g/mol. The molecule has 1 fully saturated rings. The molecular formula is C17H18N2O2. The molecule has 4 heteroatoms. The first kappa shape index (κ1) is 13.8. The number of aryl methyl sites for hydroxylation is 1. The smallest absolute Gasteiger partial charge is 0.255 e. The molecule has 2 heterocycles. The number of benzene rings is 1. The molecule has 0 N–H and O–H groups in total. The number of morpholine rings is 1. The quantitative estimate of drug-likeness (QED) is 0.850. The Balaban J connectivity index is 1.74. The predicted octanol–water partition coefficient (Wildman–Crippen LogP) is 2.60. The third-order valence-corrected chi connectivity index (χ3v) is 3.68. The first-order chi connectivity index (χ1) is 10.2. The molecule has 108 valence electrons. The van der Waals surface area contributed by atoms with Crippen LogP contribution in [-0.2, 0) is 4.74 Å². The molecule has 1 saturated heterocycles. The Bertz CT molecular complexity index is 610. The number of ether oxygens (including phenoxy) is 1. The molecule has 1 aliphatic rings. The fourth-order valence-electron chi connectivity index (χ4n) is 2.48. The van der Waals surface area contributed by atoms with Crippen LogP contribution >= 0.6 is 0 Å². The summed E-state index contributed by atoms with van der Waals surface area (Å²) in [5, 5.41) is 0. The molecule has 1 amide bonds. The Kier molecular flexibility index (Phi) is 3.97. The molecule has 2 aromatic rings. The van der Waals surface area contributed by atoms with Gasteiger partial charge in [-0.3, -0.25) is 9.78 Å². The highest BCUT2D eigenvalue weighted by molar-refractivity contribution is 5.94. The highest BCUT2D eigenvalue weighted by atomic mass is 16.5. The number of carbonyl (C=O) groups is 1. The van der Waals surface area contributed by atoms with E-state index in [1.165, 1.54) is 0 Å². The monoisotopic (exact) mass is 282 g/mol. The van der Waals surface area contributed by atoms with Crippen molar-refractivity contribution in [3.8, 4) is 0 Å². The maximum atomic E-state index is 12.5. The van der Waals surface area contributed by atoms with Crippen molar-refractivity contribution < 1.29 is 9.53 Å². The summed E-state index contributed by atoms with van der Waals surface area (Å²) in [4.78, 5) is 18.6. The molecule has 1 aromatic carbocycles. The molecule has 1 aliphatic heterocycles. The van der Waals surface area contributed by atoms with Gasteiger partial charge in [0.25, 0.3) is 5.91 Å². The fourth-order valence-corrected chi connectivity index (χ4v) is 2.48. The molecule has 3 rings (SSSR count). The van der Waals surface area contributed by atoms with Crippen LogP contribution in [-0.4, -0.2) is 35.5 Å². The molecule has 0 spiro atoms. The van der Waals surface area contributed by atoms with Gasteiger partial charge in [0.05, 0.1) is 18.7 Å². The van der Waals surface area contributed by atoms with Crippen LogP contribution in [0.3, 0.4) is 0 Å². The van der Waals surface area contributed by atoms with Gasteiger partial charge in [0.2, 0.25) is 0 Å². The minimum absolute atomic E-state index is 0.0201. The molecule has 1 atom stereocenters. The van der Waals surface area contributed by atoms with E-state index in [0.717, 1.165) is 11.3 Å². The topological polar surface area (TPSA) is 42.4 Å². The van der Waals surface area contributed by atoms with E-state index in [2.05, 4.69) is 4.98 Å². The predicted molar refractivity (Wildman–Crippen MR) is 80.0 cm³/mol. The van der Waals surface area contributed by atoms with Crippen LogP contribution in [0.2, 0.25) is 0 Å². The van der Waals surface area contributed by atoms with Gasteiger partial charge in [0.15, 0.2) is 0 Å². The van der Waals surface area contributed by atoms with Crippen LogP contribution in [0.5, 0.6) is 0 Å². The highest BCUT2D eigenvalue weighted by Crippen LogP contribution is 2.22. The molecule has 0 radical (unpaired) electrons. The van der Waals surface area contributed by atoms with Crippen LogP contribution in [0.1, 0.15) is 27.7 Å². The van der Waals surface area contributed by atoms with E-state index in [-0.39, 0.29) is 12.0 Å². The average Bonchev–Trinajstić information content (AvgIpc) is 2.56. The second kappa shape index (κ2) is 6.06. The summed E-state index contributed by atoms with van der Waals surface area (Å²) in [5.74, 6) is 0.0201. The summed E-state index contributed by atoms with van der Waals surface area (Å²) >= 11 is 0. The molecule has 1 unspecified atom stereocenters. The van der Waals surface area contributed by atoms with E-state index >= 15 is 0 Å².